The van der Waals surface area contributed by atoms with Crippen LogP contribution in [0.3, 0.4) is 0 Å². The summed E-state index contributed by atoms with van der Waals surface area (Å²) in [4.78, 5) is 36.6. The third-order valence-corrected chi connectivity index (χ3v) is 4.32. The fraction of sp³-hybridized carbons (Fsp3) is 0.600. The average molecular weight is 319 g/mol. The lowest BCUT2D eigenvalue weighted by atomic mass is 10.1. The zero-order valence-electron chi connectivity index (χ0n) is 13.4. The van der Waals surface area contributed by atoms with Crippen LogP contribution in [-0.4, -0.2) is 71.4 Å². The Bertz CT molecular complexity index is 603. The monoisotopic (exact) mass is 319 g/mol. The number of hydrogen-bond acceptors (Lipinski definition) is 6. The third-order valence-electron chi connectivity index (χ3n) is 4.32. The van der Waals surface area contributed by atoms with Gasteiger partial charge in [0.1, 0.15) is 0 Å². The van der Waals surface area contributed by atoms with Crippen LogP contribution in [0.15, 0.2) is 12.3 Å². The molecule has 1 aromatic rings. The van der Waals surface area contributed by atoms with Crippen molar-refractivity contribution in [2.24, 2.45) is 5.92 Å². The molecule has 1 unspecified atom stereocenters. The molecule has 0 spiro atoms. The molecule has 1 aromatic heterocycles. The lowest BCUT2D eigenvalue weighted by Gasteiger charge is -2.42. The Balaban J connectivity index is 1.51. The molecule has 23 heavy (non-hydrogen) atoms. The van der Waals surface area contributed by atoms with E-state index >= 15 is 0 Å². The van der Waals surface area contributed by atoms with Crippen molar-refractivity contribution in [1.82, 2.24) is 25.1 Å². The van der Waals surface area contributed by atoms with Crippen LogP contribution in [0.2, 0.25) is 0 Å². The van der Waals surface area contributed by atoms with Crippen molar-refractivity contribution in [3.63, 3.8) is 0 Å². The number of carbonyl (C=O) groups excluding carboxylic acids is 2. The van der Waals surface area contributed by atoms with Gasteiger partial charge in [0.15, 0.2) is 5.82 Å². The van der Waals surface area contributed by atoms with Gasteiger partial charge in [-0.3, -0.25) is 9.59 Å². The van der Waals surface area contributed by atoms with Crippen molar-refractivity contribution in [1.29, 1.82) is 0 Å². The number of rotatable bonds is 5. The molecule has 1 N–H and O–H groups in total. The van der Waals surface area contributed by atoms with Crippen LogP contribution in [0, 0.1) is 5.92 Å². The summed E-state index contributed by atoms with van der Waals surface area (Å²) in [6, 6.07) is 1.90. The van der Waals surface area contributed by atoms with Crippen LogP contribution in [0.4, 0.5) is 0 Å². The maximum Gasteiger partial charge on any atom is 0.225 e. The lowest BCUT2D eigenvalue weighted by molar-refractivity contribution is -0.132. The van der Waals surface area contributed by atoms with Gasteiger partial charge in [-0.1, -0.05) is 0 Å². The van der Waals surface area contributed by atoms with Crippen molar-refractivity contribution in [3.8, 4) is 5.88 Å². The van der Waals surface area contributed by atoms with E-state index in [2.05, 4.69) is 20.2 Å². The lowest BCUT2D eigenvalue weighted by Crippen LogP contribution is -2.58. The minimum absolute atomic E-state index is 0.0703. The summed E-state index contributed by atoms with van der Waals surface area (Å²) < 4.78 is 5.02. The number of nitrogens with one attached hydrogen (secondary N) is 1. The van der Waals surface area contributed by atoms with E-state index in [0.29, 0.717) is 18.2 Å². The van der Waals surface area contributed by atoms with E-state index in [-0.39, 0.29) is 36.7 Å². The molecule has 2 amide bonds. The zero-order chi connectivity index (χ0) is 16.4. The molecule has 2 fully saturated rings. The van der Waals surface area contributed by atoms with E-state index < -0.39 is 0 Å². The van der Waals surface area contributed by atoms with Gasteiger partial charge >= 0.3 is 0 Å². The van der Waals surface area contributed by atoms with E-state index in [4.69, 9.17) is 4.74 Å². The molecule has 3 heterocycles. The number of likely N-dealkylation sites (N-methyl/N-ethyl adjacent to an activating group) is 1. The molecule has 2 saturated heterocycles. The van der Waals surface area contributed by atoms with E-state index in [1.54, 1.807) is 12.3 Å². The number of carbonyl (C=O) groups is 2. The average Bonchev–Trinajstić information content (AvgIpc) is 2.91. The molecule has 2 aliphatic rings. The van der Waals surface area contributed by atoms with Gasteiger partial charge in [-0.25, -0.2) is 4.98 Å². The Morgan fingerprint density at radius 1 is 1.43 bits per heavy atom. The van der Waals surface area contributed by atoms with Crippen molar-refractivity contribution in [3.05, 3.63) is 18.1 Å². The third kappa shape index (κ3) is 3.42. The molecule has 0 saturated carbocycles. The highest BCUT2D eigenvalue weighted by Crippen LogP contribution is 2.24. The second-order valence-electron chi connectivity index (χ2n) is 6.06. The van der Waals surface area contributed by atoms with Gasteiger partial charge in [-0.2, -0.15) is 4.98 Å². The highest BCUT2D eigenvalue weighted by atomic mass is 16.5. The highest BCUT2D eigenvalue weighted by Gasteiger charge is 2.41. The molecule has 0 aromatic carbocycles. The van der Waals surface area contributed by atoms with Crippen molar-refractivity contribution >= 4 is 11.8 Å². The van der Waals surface area contributed by atoms with Crippen LogP contribution in [0.5, 0.6) is 5.88 Å². The molecule has 0 bridgehead atoms. The maximum atomic E-state index is 12.3. The van der Waals surface area contributed by atoms with Gasteiger partial charge in [-0.15, -0.1) is 0 Å². The van der Waals surface area contributed by atoms with Crippen molar-refractivity contribution in [2.75, 3.05) is 33.8 Å². The van der Waals surface area contributed by atoms with E-state index in [1.807, 2.05) is 11.9 Å². The Labute approximate surface area is 134 Å². The first-order valence-electron chi connectivity index (χ1n) is 7.68. The summed E-state index contributed by atoms with van der Waals surface area (Å²) in [6.45, 7) is 2.50. The van der Waals surface area contributed by atoms with Gasteiger partial charge < -0.3 is 19.9 Å². The summed E-state index contributed by atoms with van der Waals surface area (Å²) in [7, 11) is 3.55. The molecule has 8 heteroatoms. The van der Waals surface area contributed by atoms with Crippen LogP contribution in [-0.2, 0) is 16.1 Å². The van der Waals surface area contributed by atoms with E-state index in [9.17, 15) is 9.59 Å². The van der Waals surface area contributed by atoms with Gasteiger partial charge in [0, 0.05) is 38.3 Å². The van der Waals surface area contributed by atoms with Crippen LogP contribution < -0.4 is 10.1 Å². The fourth-order valence-electron chi connectivity index (χ4n) is 3.01. The molecule has 124 valence electrons. The summed E-state index contributed by atoms with van der Waals surface area (Å²) >= 11 is 0. The first-order chi connectivity index (χ1) is 11.1. The summed E-state index contributed by atoms with van der Waals surface area (Å²) in [5.74, 6) is 0.597. The van der Waals surface area contributed by atoms with E-state index in [1.165, 1.54) is 7.11 Å². The van der Waals surface area contributed by atoms with Crippen LogP contribution in [0.25, 0.3) is 0 Å². The molecule has 8 nitrogen and oxygen atoms in total. The van der Waals surface area contributed by atoms with Gasteiger partial charge in [0.2, 0.25) is 17.7 Å². The normalized spacial score (nSPS) is 22.1. The molecule has 0 aliphatic carbocycles. The number of nitrogens with zero attached hydrogens (tertiary/aromatic N) is 4. The minimum atomic E-state index is -0.293. The SMILES string of the molecule is COc1ccnc(CNC(=O)C2CC(=O)N(C3CN(C)C3)C2)n1. The first kappa shape index (κ1) is 15.7. The fourth-order valence-corrected chi connectivity index (χ4v) is 3.01. The summed E-state index contributed by atoms with van der Waals surface area (Å²) in [5, 5.41) is 2.81. The smallest absolute Gasteiger partial charge is 0.225 e. The predicted molar refractivity (Wildman–Crippen MR) is 81.5 cm³/mol. The number of hydrogen-bond donors (Lipinski definition) is 1. The highest BCUT2D eigenvalue weighted by molar-refractivity contribution is 5.89. The summed E-state index contributed by atoms with van der Waals surface area (Å²) in [5.41, 5.74) is 0. The number of amides is 2. The molecule has 3 rings (SSSR count). The van der Waals surface area contributed by atoms with Gasteiger partial charge in [0.25, 0.3) is 0 Å². The van der Waals surface area contributed by atoms with Crippen molar-refractivity contribution < 1.29 is 14.3 Å². The second kappa shape index (κ2) is 6.49. The topological polar surface area (TPSA) is 87.7 Å². The number of methoxy groups -OCH3 is 1. The van der Waals surface area contributed by atoms with Crippen LogP contribution in [0.1, 0.15) is 12.2 Å². The molecular weight excluding hydrogens is 298 g/mol. The van der Waals surface area contributed by atoms with Gasteiger partial charge in [-0.05, 0) is 7.05 Å². The Morgan fingerprint density at radius 2 is 2.22 bits per heavy atom. The maximum absolute atomic E-state index is 12.3. The van der Waals surface area contributed by atoms with Gasteiger partial charge in [0.05, 0.1) is 25.6 Å². The Hall–Kier alpha value is -2.22. The van der Waals surface area contributed by atoms with E-state index in [0.717, 1.165) is 13.1 Å². The Morgan fingerprint density at radius 3 is 2.91 bits per heavy atom. The molecule has 1 atom stereocenters. The standard InChI is InChI=1S/C15H21N5O3/c1-19-8-11(9-19)20-7-10(5-14(20)21)15(22)17-6-12-16-4-3-13(18-12)23-2/h3-4,10-11H,5-9H2,1-2H3,(H,17,22). The Kier molecular flexibility index (Phi) is 4.42. The van der Waals surface area contributed by atoms with Crippen molar-refractivity contribution in [2.45, 2.75) is 19.0 Å². The minimum Gasteiger partial charge on any atom is -0.481 e. The number of ether oxygens (including phenoxy) is 1. The summed E-state index contributed by atoms with van der Waals surface area (Å²) in [6.07, 6.45) is 1.87. The number of likely N-dealkylation sites (tertiary alicyclic amines) is 2. The molecular formula is C15H21N5O3. The molecule has 2 aliphatic heterocycles. The number of aromatic nitrogens is 2. The first-order valence-corrected chi connectivity index (χ1v) is 7.68. The van der Waals surface area contributed by atoms with Crippen LogP contribution >= 0.6 is 0 Å². The second-order valence-corrected chi connectivity index (χ2v) is 6.06. The zero-order valence-corrected chi connectivity index (χ0v) is 13.4. The predicted octanol–water partition coefficient (Wildman–Crippen LogP) is -0.736. The molecule has 0 radical (unpaired) electrons. The quantitative estimate of drug-likeness (QED) is 0.769. The largest absolute Gasteiger partial charge is 0.481 e.